The number of anilines is 1. The van der Waals surface area contributed by atoms with E-state index in [9.17, 15) is 14.4 Å². The van der Waals surface area contributed by atoms with E-state index >= 15 is 0 Å². The zero-order valence-corrected chi connectivity index (χ0v) is 29.3. The van der Waals surface area contributed by atoms with E-state index in [-0.39, 0.29) is 36.0 Å². The van der Waals surface area contributed by atoms with Gasteiger partial charge in [0.1, 0.15) is 5.78 Å². The Kier molecular flexibility index (Phi) is 11.8. The zero-order chi connectivity index (χ0) is 35.0. The second-order valence-corrected chi connectivity index (χ2v) is 14.1. The predicted octanol–water partition coefficient (Wildman–Crippen LogP) is 6.49. The number of halogens is 1. The van der Waals surface area contributed by atoms with Gasteiger partial charge < -0.3 is 21.7 Å². The number of azo groups is 1. The number of nitrogens with two attached hydrogens (primary N) is 1. The highest BCUT2D eigenvalue weighted by Crippen LogP contribution is 2.34. The molecule has 0 bridgehead atoms. The molecule has 5 N–H and O–H groups in total. The van der Waals surface area contributed by atoms with Crippen LogP contribution in [0.25, 0.3) is 11.1 Å². The Morgan fingerprint density at radius 1 is 0.920 bits per heavy atom. The first-order valence-electron chi connectivity index (χ1n) is 17.7. The zero-order valence-electron chi connectivity index (χ0n) is 28.6. The maximum atomic E-state index is 13.8. The summed E-state index contributed by atoms with van der Waals surface area (Å²) in [6, 6.07) is 19.2. The standard InChI is InChI=1S/C39H46ClN7O3/c1-24-33(39(50)46-32-16-18-42-19-17-32)14-15-34(36(24)40)27-6-2-25(3-7-27)20-30(21-35(48)28-8-4-26(22-41)5-9-28)38(49)45-31-12-10-29(11-13-31)37-43-23-44-47-37/h2-3,6-7,10-15,26,28,30,32,42H,4-5,8-9,16-23,41H2,1H3,(H,45,49)(H,46,50)/t26?,28?,30-/m1/s1. The van der Waals surface area contributed by atoms with Crippen molar-refractivity contribution in [3.63, 3.8) is 0 Å². The summed E-state index contributed by atoms with van der Waals surface area (Å²) in [6.45, 7) is 4.66. The van der Waals surface area contributed by atoms with E-state index in [0.29, 0.717) is 47.7 Å². The smallest absolute Gasteiger partial charge is 0.251 e. The summed E-state index contributed by atoms with van der Waals surface area (Å²) in [4.78, 5) is 44.6. The van der Waals surface area contributed by atoms with E-state index in [4.69, 9.17) is 17.3 Å². The second kappa shape index (κ2) is 16.6. The Labute approximate surface area is 298 Å². The number of Topliss-reactive ketones (excluding diaryl/α,β-unsaturated/α-hetero) is 1. The lowest BCUT2D eigenvalue weighted by Crippen LogP contribution is -2.42. The Morgan fingerprint density at radius 2 is 1.62 bits per heavy atom. The largest absolute Gasteiger partial charge is 0.349 e. The van der Waals surface area contributed by atoms with Crippen molar-refractivity contribution in [2.45, 2.75) is 64.3 Å². The Bertz CT molecular complexity index is 1740. The molecule has 0 radical (unpaired) electrons. The van der Waals surface area contributed by atoms with Crippen molar-refractivity contribution in [1.29, 1.82) is 0 Å². The number of carbonyl (C=O) groups excluding carboxylic acids is 3. The van der Waals surface area contributed by atoms with Gasteiger partial charge in [-0.05, 0) is 124 Å². The average Bonchev–Trinajstić information content (AvgIpc) is 3.69. The first-order chi connectivity index (χ1) is 24.3. The molecule has 3 aromatic rings. The van der Waals surface area contributed by atoms with Crippen molar-refractivity contribution in [3.8, 4) is 11.1 Å². The van der Waals surface area contributed by atoms with Gasteiger partial charge in [0.05, 0.1) is 5.02 Å². The minimum atomic E-state index is -0.545. The van der Waals surface area contributed by atoms with Gasteiger partial charge in [-0.1, -0.05) is 41.9 Å². The number of aliphatic imine (C=N–C) groups is 1. The van der Waals surface area contributed by atoms with E-state index in [2.05, 4.69) is 31.2 Å². The Balaban J connectivity index is 1.15. The lowest BCUT2D eigenvalue weighted by atomic mass is 9.77. The molecule has 1 saturated carbocycles. The minimum Gasteiger partial charge on any atom is -0.349 e. The third kappa shape index (κ3) is 8.72. The summed E-state index contributed by atoms with van der Waals surface area (Å²) in [5.74, 6) is 0.313. The maximum Gasteiger partial charge on any atom is 0.251 e. The summed E-state index contributed by atoms with van der Waals surface area (Å²) in [7, 11) is 0. The monoisotopic (exact) mass is 695 g/mol. The van der Waals surface area contributed by atoms with Crippen LogP contribution < -0.4 is 21.7 Å². The van der Waals surface area contributed by atoms with Gasteiger partial charge in [-0.3, -0.25) is 14.4 Å². The molecule has 1 saturated heterocycles. The lowest BCUT2D eigenvalue weighted by Gasteiger charge is -2.27. The Hall–Kier alpha value is -4.25. The first-order valence-corrected chi connectivity index (χ1v) is 18.1. The van der Waals surface area contributed by atoms with Crippen molar-refractivity contribution in [1.82, 2.24) is 10.6 Å². The minimum absolute atomic E-state index is 0.0359. The fourth-order valence-corrected chi connectivity index (χ4v) is 7.47. The fourth-order valence-electron chi connectivity index (χ4n) is 7.20. The first kappa shape index (κ1) is 35.6. The SMILES string of the molecule is Cc1c(C(=O)NC2CCNCC2)ccc(-c2ccc(C[C@H](CC(=O)C3CCC(CN)CC3)C(=O)Nc3ccc(C4=NCN=N4)cc3)cc2)c1Cl. The number of hydrogen-bond acceptors (Lipinski definition) is 8. The van der Waals surface area contributed by atoms with Crippen molar-refractivity contribution in [3.05, 3.63) is 87.9 Å². The van der Waals surface area contributed by atoms with Crippen LogP contribution in [-0.4, -0.2) is 55.8 Å². The van der Waals surface area contributed by atoms with Gasteiger partial charge in [0.15, 0.2) is 12.5 Å². The molecular weight excluding hydrogens is 650 g/mol. The molecule has 2 aliphatic heterocycles. The number of hydrogen-bond donors (Lipinski definition) is 4. The van der Waals surface area contributed by atoms with Gasteiger partial charge in [0.25, 0.3) is 5.91 Å². The molecule has 0 spiro atoms. The summed E-state index contributed by atoms with van der Waals surface area (Å²) in [5.41, 5.74) is 11.4. The van der Waals surface area contributed by atoms with Crippen LogP contribution in [-0.2, 0) is 16.0 Å². The second-order valence-electron chi connectivity index (χ2n) is 13.8. The number of nitrogens with zero attached hydrogens (tertiary/aromatic N) is 3. The predicted molar refractivity (Wildman–Crippen MR) is 198 cm³/mol. The van der Waals surface area contributed by atoms with Crippen molar-refractivity contribution in [2.75, 3.05) is 31.6 Å². The third-order valence-electron chi connectivity index (χ3n) is 10.4. The summed E-state index contributed by atoms with van der Waals surface area (Å²) in [5, 5.41) is 18.0. The number of ketones is 1. The number of rotatable bonds is 12. The van der Waals surface area contributed by atoms with Crippen LogP contribution in [0.5, 0.6) is 0 Å². The van der Waals surface area contributed by atoms with Crippen LogP contribution in [0.4, 0.5) is 5.69 Å². The Morgan fingerprint density at radius 3 is 2.28 bits per heavy atom. The highest BCUT2D eigenvalue weighted by atomic mass is 35.5. The van der Waals surface area contributed by atoms with E-state index in [0.717, 1.165) is 79.4 Å². The summed E-state index contributed by atoms with van der Waals surface area (Å²) < 4.78 is 0. The van der Waals surface area contributed by atoms with Crippen molar-refractivity contribution >= 4 is 40.7 Å². The number of amides is 2. The number of benzene rings is 3. The van der Waals surface area contributed by atoms with Crippen LogP contribution in [0, 0.1) is 24.7 Å². The van der Waals surface area contributed by atoms with E-state index in [1.165, 1.54) is 0 Å². The van der Waals surface area contributed by atoms with Gasteiger partial charge >= 0.3 is 0 Å². The molecule has 0 unspecified atom stereocenters. The van der Waals surface area contributed by atoms with E-state index in [1.807, 2.05) is 67.6 Å². The number of amidine groups is 1. The summed E-state index contributed by atoms with van der Waals surface area (Å²) in [6.07, 6.45) is 5.96. The fraction of sp³-hybridized carbons (Fsp3) is 0.436. The number of carbonyl (C=O) groups is 3. The maximum absolute atomic E-state index is 13.8. The molecule has 1 atom stereocenters. The van der Waals surface area contributed by atoms with Crippen molar-refractivity contribution in [2.24, 2.45) is 38.7 Å². The molecule has 1 aliphatic carbocycles. The highest BCUT2D eigenvalue weighted by molar-refractivity contribution is 6.34. The average molecular weight is 696 g/mol. The highest BCUT2D eigenvalue weighted by Gasteiger charge is 2.30. The van der Waals surface area contributed by atoms with Crippen LogP contribution in [0.3, 0.4) is 0 Å². The van der Waals surface area contributed by atoms with Gasteiger partial charge in [-0.25, -0.2) is 4.99 Å². The van der Waals surface area contributed by atoms with Crippen LogP contribution >= 0.6 is 11.6 Å². The normalized spacial score (nSPS) is 19.9. The van der Waals surface area contributed by atoms with Gasteiger partial charge in [-0.2, -0.15) is 5.11 Å². The molecule has 2 fully saturated rings. The van der Waals surface area contributed by atoms with Gasteiger partial charge in [0.2, 0.25) is 5.91 Å². The molecule has 0 aromatic heterocycles. The molecule has 262 valence electrons. The molecule has 10 nitrogen and oxygen atoms in total. The lowest BCUT2D eigenvalue weighted by molar-refractivity contribution is -0.129. The van der Waals surface area contributed by atoms with E-state index in [1.54, 1.807) is 0 Å². The molecule has 11 heteroatoms. The molecule has 2 heterocycles. The quantitative estimate of drug-likeness (QED) is 0.171. The summed E-state index contributed by atoms with van der Waals surface area (Å²) >= 11 is 6.85. The van der Waals surface area contributed by atoms with Crippen LogP contribution in [0.1, 0.15) is 72.0 Å². The number of piperidine rings is 1. The van der Waals surface area contributed by atoms with Gasteiger partial charge in [-0.15, -0.1) is 5.11 Å². The van der Waals surface area contributed by atoms with Crippen LogP contribution in [0.15, 0.2) is 75.9 Å². The molecular formula is C39H46ClN7O3. The topological polar surface area (TPSA) is 150 Å². The molecule has 50 heavy (non-hydrogen) atoms. The third-order valence-corrected chi connectivity index (χ3v) is 10.9. The molecule has 6 rings (SSSR count). The van der Waals surface area contributed by atoms with Gasteiger partial charge in [0, 0.05) is 46.7 Å². The molecule has 3 aromatic carbocycles. The van der Waals surface area contributed by atoms with Crippen molar-refractivity contribution < 1.29 is 14.4 Å². The van der Waals surface area contributed by atoms with E-state index < -0.39 is 5.92 Å². The number of nitrogens with one attached hydrogen (secondary N) is 3. The molecule has 2 amide bonds. The van der Waals surface area contributed by atoms with Crippen LogP contribution in [0.2, 0.25) is 5.02 Å². The molecule has 3 aliphatic rings.